The van der Waals surface area contributed by atoms with Crippen molar-refractivity contribution in [3.05, 3.63) is 24.0 Å². The lowest BCUT2D eigenvalue weighted by Crippen LogP contribution is -2.23. The summed E-state index contributed by atoms with van der Waals surface area (Å²) in [5.74, 6) is 0. The minimum Gasteiger partial charge on any atom is -0.262 e. The van der Waals surface area contributed by atoms with Crippen molar-refractivity contribution in [3.8, 4) is 6.07 Å². The van der Waals surface area contributed by atoms with Crippen LogP contribution in [0.25, 0.3) is 0 Å². The van der Waals surface area contributed by atoms with Gasteiger partial charge in [0.2, 0.25) is 0 Å². The summed E-state index contributed by atoms with van der Waals surface area (Å²) in [5.41, 5.74) is -5.64. The Morgan fingerprint density at radius 1 is 1.33 bits per heavy atom. The molecule has 0 radical (unpaired) electrons. The molecule has 0 atom stereocenters. The van der Waals surface area contributed by atoms with Gasteiger partial charge in [-0.1, -0.05) is 0 Å². The van der Waals surface area contributed by atoms with Gasteiger partial charge in [-0.25, -0.2) is 8.42 Å². The highest BCUT2D eigenvalue weighted by molar-refractivity contribution is 7.92. The lowest BCUT2D eigenvalue weighted by Gasteiger charge is -2.06. The summed E-state index contributed by atoms with van der Waals surface area (Å²) in [5, 5.41) is 8.36. The Bertz CT molecular complexity index is 516. The van der Waals surface area contributed by atoms with Gasteiger partial charge in [-0.15, -0.1) is 0 Å². The number of nitriles is 1. The number of halogens is 3. The summed E-state index contributed by atoms with van der Waals surface area (Å²) in [7, 11) is -5.42. The molecule has 0 aromatic carbocycles. The molecular weight excluding hydrogens is 233 g/mol. The van der Waals surface area contributed by atoms with Crippen LogP contribution in [-0.2, 0) is 9.84 Å². The molecule has 0 bridgehead atoms. The van der Waals surface area contributed by atoms with Crippen molar-refractivity contribution in [1.29, 1.82) is 5.26 Å². The van der Waals surface area contributed by atoms with Crippen LogP contribution in [0.15, 0.2) is 23.4 Å². The Hall–Kier alpha value is -1.62. The van der Waals surface area contributed by atoms with E-state index in [1.165, 1.54) is 6.07 Å². The van der Waals surface area contributed by atoms with E-state index >= 15 is 0 Å². The zero-order chi connectivity index (χ0) is 11.7. The fourth-order valence-corrected chi connectivity index (χ4v) is 1.51. The number of rotatable bonds is 1. The highest BCUT2D eigenvalue weighted by Gasteiger charge is 2.47. The Morgan fingerprint density at radius 2 is 1.93 bits per heavy atom. The van der Waals surface area contributed by atoms with E-state index in [1.807, 2.05) is 0 Å². The normalized spacial score (nSPS) is 12.1. The summed E-state index contributed by atoms with van der Waals surface area (Å²) in [4.78, 5) is 2.20. The molecule has 1 rings (SSSR count). The molecule has 0 aliphatic rings. The smallest absolute Gasteiger partial charge is 0.262 e. The SMILES string of the molecule is N#Cc1cncc(S(=O)(=O)C(F)(F)F)c1. The summed E-state index contributed by atoms with van der Waals surface area (Å²) in [6, 6.07) is 2.12. The maximum atomic E-state index is 12.1. The molecular formula is C7H3F3N2O2S. The first kappa shape index (κ1) is 11.5. The fraction of sp³-hybridized carbons (Fsp3) is 0.143. The minimum atomic E-state index is -5.42. The minimum absolute atomic E-state index is 0.250. The van der Waals surface area contributed by atoms with Crippen molar-refractivity contribution in [2.75, 3.05) is 0 Å². The third-order valence-electron chi connectivity index (χ3n) is 1.46. The molecule has 0 saturated heterocycles. The monoisotopic (exact) mass is 236 g/mol. The van der Waals surface area contributed by atoms with Gasteiger partial charge in [-0.05, 0) is 6.07 Å². The van der Waals surface area contributed by atoms with E-state index in [-0.39, 0.29) is 5.56 Å². The van der Waals surface area contributed by atoms with E-state index in [9.17, 15) is 21.6 Å². The maximum absolute atomic E-state index is 12.1. The summed E-state index contributed by atoms with van der Waals surface area (Å²) < 4.78 is 57.9. The first-order chi connectivity index (χ1) is 6.79. The second-order valence-electron chi connectivity index (χ2n) is 2.47. The predicted octanol–water partition coefficient (Wildman–Crippen LogP) is 1.25. The van der Waals surface area contributed by atoms with Crippen LogP contribution in [0.5, 0.6) is 0 Å². The van der Waals surface area contributed by atoms with Gasteiger partial charge in [0, 0.05) is 12.4 Å². The molecule has 1 aromatic rings. The molecule has 4 nitrogen and oxygen atoms in total. The molecule has 1 aromatic heterocycles. The second-order valence-corrected chi connectivity index (χ2v) is 4.41. The highest BCUT2D eigenvalue weighted by atomic mass is 32.2. The maximum Gasteiger partial charge on any atom is 0.501 e. The fourth-order valence-electron chi connectivity index (χ4n) is 0.761. The molecule has 15 heavy (non-hydrogen) atoms. The first-order valence-electron chi connectivity index (χ1n) is 3.45. The molecule has 1 heterocycles. The Labute approximate surface area is 82.9 Å². The lowest BCUT2D eigenvalue weighted by molar-refractivity contribution is -0.0436. The van der Waals surface area contributed by atoms with Gasteiger partial charge in [-0.3, -0.25) is 4.98 Å². The average Bonchev–Trinajstić information content (AvgIpc) is 2.16. The van der Waals surface area contributed by atoms with Crippen LogP contribution < -0.4 is 0 Å². The summed E-state index contributed by atoms with van der Waals surface area (Å²) in [6.45, 7) is 0. The lowest BCUT2D eigenvalue weighted by atomic mass is 10.3. The van der Waals surface area contributed by atoms with E-state index < -0.39 is 20.2 Å². The van der Waals surface area contributed by atoms with E-state index in [4.69, 9.17) is 5.26 Å². The number of pyridine rings is 1. The van der Waals surface area contributed by atoms with Crippen LogP contribution in [-0.4, -0.2) is 18.9 Å². The Balaban J connectivity index is 3.37. The summed E-state index contributed by atoms with van der Waals surface area (Å²) >= 11 is 0. The van der Waals surface area contributed by atoms with Crippen molar-refractivity contribution in [2.24, 2.45) is 0 Å². The number of nitrogens with zero attached hydrogens (tertiary/aromatic N) is 2. The first-order valence-corrected chi connectivity index (χ1v) is 4.94. The Kier molecular flexibility index (Phi) is 2.68. The average molecular weight is 236 g/mol. The quantitative estimate of drug-likeness (QED) is 0.735. The van der Waals surface area contributed by atoms with Gasteiger partial charge in [0.15, 0.2) is 0 Å². The molecule has 0 spiro atoms. The van der Waals surface area contributed by atoms with E-state index in [0.29, 0.717) is 12.3 Å². The Morgan fingerprint density at radius 3 is 2.40 bits per heavy atom. The van der Waals surface area contributed by atoms with E-state index in [0.717, 1.165) is 6.20 Å². The number of hydrogen-bond acceptors (Lipinski definition) is 4. The molecule has 0 amide bonds. The zero-order valence-corrected chi connectivity index (χ0v) is 7.80. The topological polar surface area (TPSA) is 70.8 Å². The van der Waals surface area contributed by atoms with Gasteiger partial charge in [-0.2, -0.15) is 18.4 Å². The highest BCUT2D eigenvalue weighted by Crippen LogP contribution is 2.29. The van der Waals surface area contributed by atoms with Crippen LogP contribution in [0.3, 0.4) is 0 Å². The molecule has 80 valence electrons. The molecule has 0 aliphatic heterocycles. The van der Waals surface area contributed by atoms with Crippen molar-refractivity contribution in [3.63, 3.8) is 0 Å². The van der Waals surface area contributed by atoms with Crippen LogP contribution >= 0.6 is 0 Å². The third kappa shape index (κ3) is 2.07. The van der Waals surface area contributed by atoms with Crippen molar-refractivity contribution >= 4 is 9.84 Å². The van der Waals surface area contributed by atoms with Crippen LogP contribution in [0, 0.1) is 11.3 Å². The van der Waals surface area contributed by atoms with Crippen molar-refractivity contribution in [1.82, 2.24) is 4.98 Å². The third-order valence-corrected chi connectivity index (χ3v) is 2.91. The molecule has 0 saturated carbocycles. The zero-order valence-electron chi connectivity index (χ0n) is 6.99. The van der Waals surface area contributed by atoms with Gasteiger partial charge < -0.3 is 0 Å². The van der Waals surface area contributed by atoms with Crippen LogP contribution in [0.1, 0.15) is 5.56 Å². The number of alkyl halides is 3. The van der Waals surface area contributed by atoms with Crippen molar-refractivity contribution in [2.45, 2.75) is 10.4 Å². The number of aromatic nitrogens is 1. The van der Waals surface area contributed by atoms with Crippen LogP contribution in [0.4, 0.5) is 13.2 Å². The van der Waals surface area contributed by atoms with Gasteiger partial charge in [0.1, 0.15) is 6.07 Å². The van der Waals surface area contributed by atoms with Crippen molar-refractivity contribution < 1.29 is 21.6 Å². The van der Waals surface area contributed by atoms with Gasteiger partial charge in [0.25, 0.3) is 9.84 Å². The molecule has 0 fully saturated rings. The van der Waals surface area contributed by atoms with Gasteiger partial charge in [0.05, 0.1) is 10.5 Å². The van der Waals surface area contributed by atoms with E-state index in [2.05, 4.69) is 4.98 Å². The standard InChI is InChI=1S/C7H3F3N2O2S/c8-7(9,10)15(13,14)6-1-5(2-11)3-12-4-6/h1,3-4H. The summed E-state index contributed by atoms with van der Waals surface area (Å²) in [6.07, 6.45) is 1.51. The molecule has 8 heteroatoms. The molecule has 0 N–H and O–H groups in total. The largest absolute Gasteiger partial charge is 0.501 e. The molecule has 0 unspecified atom stereocenters. The second kappa shape index (κ2) is 3.51. The number of hydrogen-bond donors (Lipinski definition) is 0. The molecule has 0 aliphatic carbocycles. The van der Waals surface area contributed by atoms with Gasteiger partial charge >= 0.3 is 5.51 Å². The van der Waals surface area contributed by atoms with Crippen LogP contribution in [0.2, 0.25) is 0 Å². The van der Waals surface area contributed by atoms with E-state index in [1.54, 1.807) is 0 Å². The predicted molar refractivity (Wildman–Crippen MR) is 42.2 cm³/mol. The number of sulfone groups is 1.